The highest BCUT2D eigenvalue weighted by molar-refractivity contribution is 7.88. The summed E-state index contributed by atoms with van der Waals surface area (Å²) >= 11 is 0. The van der Waals surface area contributed by atoms with E-state index in [2.05, 4.69) is 10.6 Å². The third-order valence-electron chi connectivity index (χ3n) is 7.28. The standard InChI is InChI=1S/C25H31N3O6S/c1-35(31,32)28-11-8-17(9-12-28)26-10-13-33-18-3-4-19-16(14-18)2-6-22-24(19)21(15-34-22)20-5-7-23(29)27-25(20)30/h2-4,6,14,17,20-21,26H,5,7-13,15H2,1H3,(H,27,29,30)/t20-,21?/m1/s1. The molecule has 0 bridgehead atoms. The minimum Gasteiger partial charge on any atom is -0.493 e. The maximum absolute atomic E-state index is 12.5. The molecule has 0 aliphatic carbocycles. The fourth-order valence-corrected chi connectivity index (χ4v) is 6.28. The molecule has 2 atom stereocenters. The minimum absolute atomic E-state index is 0.0770. The lowest BCUT2D eigenvalue weighted by Gasteiger charge is -2.30. The van der Waals surface area contributed by atoms with E-state index in [4.69, 9.17) is 9.47 Å². The SMILES string of the molecule is CS(=O)(=O)N1CCC(NCCOc2ccc3c4c(ccc3c2)OCC4[C@H]2CCC(=O)NC2=O)CC1. The average Bonchev–Trinajstić information content (AvgIpc) is 3.26. The van der Waals surface area contributed by atoms with Gasteiger partial charge in [-0.3, -0.25) is 14.9 Å². The molecule has 10 heteroatoms. The van der Waals surface area contributed by atoms with E-state index in [1.165, 1.54) is 10.6 Å². The van der Waals surface area contributed by atoms with Gasteiger partial charge in [0.1, 0.15) is 18.1 Å². The van der Waals surface area contributed by atoms with Crippen LogP contribution >= 0.6 is 0 Å². The second-order valence-electron chi connectivity index (χ2n) is 9.57. The molecule has 35 heavy (non-hydrogen) atoms. The third kappa shape index (κ3) is 5.14. The van der Waals surface area contributed by atoms with E-state index in [1.54, 1.807) is 0 Å². The van der Waals surface area contributed by atoms with Crippen LogP contribution in [0.25, 0.3) is 10.8 Å². The van der Waals surface area contributed by atoms with Crippen molar-refractivity contribution in [2.24, 2.45) is 5.92 Å². The predicted octanol–water partition coefficient (Wildman–Crippen LogP) is 1.76. The van der Waals surface area contributed by atoms with Crippen molar-refractivity contribution in [3.05, 3.63) is 35.9 Å². The maximum atomic E-state index is 12.5. The number of piperidine rings is 2. The number of hydrogen-bond donors (Lipinski definition) is 2. The largest absolute Gasteiger partial charge is 0.493 e. The Hall–Kier alpha value is -2.69. The van der Waals surface area contributed by atoms with Gasteiger partial charge in [0.25, 0.3) is 0 Å². The Balaban J connectivity index is 1.19. The summed E-state index contributed by atoms with van der Waals surface area (Å²) in [5.41, 5.74) is 1.03. The van der Waals surface area contributed by atoms with E-state index in [0.29, 0.717) is 51.7 Å². The number of carbonyl (C=O) groups is 2. The van der Waals surface area contributed by atoms with Crippen LogP contribution in [0.4, 0.5) is 0 Å². The van der Waals surface area contributed by atoms with Crippen LogP contribution in [-0.2, 0) is 19.6 Å². The zero-order chi connectivity index (χ0) is 24.6. The Morgan fingerprint density at radius 3 is 2.66 bits per heavy atom. The van der Waals surface area contributed by atoms with Crippen molar-refractivity contribution < 1.29 is 27.5 Å². The van der Waals surface area contributed by atoms with Gasteiger partial charge in [-0.2, -0.15) is 0 Å². The van der Waals surface area contributed by atoms with Crippen LogP contribution in [0.1, 0.15) is 37.2 Å². The first-order chi connectivity index (χ1) is 16.8. The topological polar surface area (TPSA) is 114 Å². The predicted molar refractivity (Wildman–Crippen MR) is 131 cm³/mol. The molecule has 2 amide bonds. The van der Waals surface area contributed by atoms with Crippen molar-refractivity contribution in [3.8, 4) is 11.5 Å². The molecule has 2 N–H and O–H groups in total. The molecular formula is C25H31N3O6S. The lowest BCUT2D eigenvalue weighted by Crippen LogP contribution is -2.45. The molecule has 0 radical (unpaired) electrons. The van der Waals surface area contributed by atoms with Gasteiger partial charge >= 0.3 is 0 Å². The fourth-order valence-electron chi connectivity index (χ4n) is 5.41. The van der Waals surface area contributed by atoms with E-state index in [-0.39, 0.29) is 23.7 Å². The number of rotatable bonds is 7. The molecule has 0 aromatic heterocycles. The monoisotopic (exact) mass is 501 g/mol. The molecule has 3 heterocycles. The lowest BCUT2D eigenvalue weighted by atomic mass is 9.80. The zero-order valence-corrected chi connectivity index (χ0v) is 20.6. The van der Waals surface area contributed by atoms with Gasteiger partial charge in [0.05, 0.1) is 12.9 Å². The van der Waals surface area contributed by atoms with E-state index in [1.807, 2.05) is 30.3 Å². The first kappa shape index (κ1) is 24.0. The molecule has 188 valence electrons. The Labute approximate surface area is 205 Å². The van der Waals surface area contributed by atoms with Gasteiger partial charge in [-0.15, -0.1) is 0 Å². The Morgan fingerprint density at radius 1 is 1.11 bits per heavy atom. The summed E-state index contributed by atoms with van der Waals surface area (Å²) in [6.45, 7) is 2.72. The molecule has 2 saturated heterocycles. The summed E-state index contributed by atoms with van der Waals surface area (Å²) in [4.78, 5) is 24.0. The third-order valence-corrected chi connectivity index (χ3v) is 8.58. The number of amides is 2. The van der Waals surface area contributed by atoms with Crippen molar-refractivity contribution in [1.82, 2.24) is 14.9 Å². The number of hydrogen-bond acceptors (Lipinski definition) is 7. The van der Waals surface area contributed by atoms with Crippen LogP contribution in [0.5, 0.6) is 11.5 Å². The second-order valence-corrected chi connectivity index (χ2v) is 11.6. The number of benzene rings is 2. The lowest BCUT2D eigenvalue weighted by molar-refractivity contribution is -0.137. The highest BCUT2D eigenvalue weighted by atomic mass is 32.2. The molecule has 0 saturated carbocycles. The quantitative estimate of drug-likeness (QED) is 0.439. The molecule has 5 rings (SSSR count). The smallest absolute Gasteiger partial charge is 0.230 e. The van der Waals surface area contributed by atoms with E-state index >= 15 is 0 Å². The van der Waals surface area contributed by atoms with Gasteiger partial charge in [0.2, 0.25) is 21.8 Å². The van der Waals surface area contributed by atoms with E-state index in [0.717, 1.165) is 40.7 Å². The van der Waals surface area contributed by atoms with Crippen LogP contribution in [0.3, 0.4) is 0 Å². The van der Waals surface area contributed by atoms with Gasteiger partial charge in [0, 0.05) is 49.5 Å². The highest BCUT2D eigenvalue weighted by Gasteiger charge is 2.39. The fraction of sp³-hybridized carbons (Fsp3) is 0.520. The van der Waals surface area contributed by atoms with Crippen molar-refractivity contribution in [2.75, 3.05) is 39.1 Å². The van der Waals surface area contributed by atoms with Crippen LogP contribution in [0.15, 0.2) is 30.3 Å². The maximum Gasteiger partial charge on any atom is 0.230 e. The summed E-state index contributed by atoms with van der Waals surface area (Å²) in [7, 11) is -3.11. The van der Waals surface area contributed by atoms with Crippen LogP contribution in [0, 0.1) is 5.92 Å². The van der Waals surface area contributed by atoms with Gasteiger partial charge in [-0.05, 0) is 48.2 Å². The Morgan fingerprint density at radius 2 is 1.91 bits per heavy atom. The molecule has 3 aliphatic heterocycles. The average molecular weight is 502 g/mol. The van der Waals surface area contributed by atoms with Crippen molar-refractivity contribution >= 4 is 32.6 Å². The van der Waals surface area contributed by atoms with Gasteiger partial charge < -0.3 is 14.8 Å². The molecule has 3 aliphatic rings. The number of ether oxygens (including phenoxy) is 2. The number of nitrogens with zero attached hydrogens (tertiary/aromatic N) is 1. The van der Waals surface area contributed by atoms with Gasteiger partial charge in [-0.1, -0.05) is 12.1 Å². The van der Waals surface area contributed by atoms with Crippen molar-refractivity contribution in [2.45, 2.75) is 37.6 Å². The van der Waals surface area contributed by atoms with E-state index < -0.39 is 10.0 Å². The van der Waals surface area contributed by atoms with Crippen LogP contribution in [0.2, 0.25) is 0 Å². The molecule has 9 nitrogen and oxygen atoms in total. The molecule has 2 aromatic carbocycles. The summed E-state index contributed by atoms with van der Waals surface area (Å²) in [5.74, 6) is 0.792. The molecule has 2 aromatic rings. The molecule has 2 fully saturated rings. The Kier molecular flexibility index (Phi) is 6.69. The first-order valence-corrected chi connectivity index (χ1v) is 14.0. The highest BCUT2D eigenvalue weighted by Crippen LogP contribution is 2.45. The van der Waals surface area contributed by atoms with E-state index in [9.17, 15) is 18.0 Å². The molecule has 1 unspecified atom stereocenters. The number of nitrogens with one attached hydrogen (secondary N) is 2. The normalized spacial score (nSPS) is 23.7. The van der Waals surface area contributed by atoms with Crippen molar-refractivity contribution in [1.29, 1.82) is 0 Å². The summed E-state index contributed by atoms with van der Waals surface area (Å²) < 4.78 is 36.7. The summed E-state index contributed by atoms with van der Waals surface area (Å²) in [6, 6.07) is 10.2. The number of carbonyl (C=O) groups excluding carboxylic acids is 2. The van der Waals surface area contributed by atoms with Crippen LogP contribution < -0.4 is 20.1 Å². The van der Waals surface area contributed by atoms with Gasteiger partial charge in [0.15, 0.2) is 0 Å². The number of fused-ring (bicyclic) bond motifs is 3. The summed E-state index contributed by atoms with van der Waals surface area (Å²) in [5, 5.41) is 7.98. The molecular weight excluding hydrogens is 470 g/mol. The van der Waals surface area contributed by atoms with Crippen LogP contribution in [-0.4, -0.2) is 69.7 Å². The Bertz CT molecular complexity index is 1240. The number of sulfonamides is 1. The zero-order valence-electron chi connectivity index (χ0n) is 19.8. The van der Waals surface area contributed by atoms with Gasteiger partial charge in [-0.25, -0.2) is 12.7 Å². The second kappa shape index (κ2) is 9.75. The van der Waals surface area contributed by atoms with Crippen molar-refractivity contribution in [3.63, 3.8) is 0 Å². The minimum atomic E-state index is -3.11. The number of imide groups is 1. The molecule has 0 spiro atoms. The summed E-state index contributed by atoms with van der Waals surface area (Å²) in [6.07, 6.45) is 3.75. The first-order valence-electron chi connectivity index (χ1n) is 12.1.